The summed E-state index contributed by atoms with van der Waals surface area (Å²) >= 11 is 1.73. The van der Waals surface area contributed by atoms with Gasteiger partial charge in [0.15, 0.2) is 0 Å². The number of nitrogens with one attached hydrogen (secondary N) is 1. The van der Waals surface area contributed by atoms with Gasteiger partial charge in [0, 0.05) is 10.9 Å². The van der Waals surface area contributed by atoms with Crippen molar-refractivity contribution >= 4 is 11.3 Å². The molecule has 0 bridgehead atoms. The first-order chi connectivity index (χ1) is 8.20. The van der Waals surface area contributed by atoms with Crippen LogP contribution >= 0.6 is 11.3 Å². The molecule has 17 heavy (non-hydrogen) atoms. The lowest BCUT2D eigenvalue weighted by molar-refractivity contribution is 0.597. The van der Waals surface area contributed by atoms with E-state index in [9.17, 15) is 0 Å². The largest absolute Gasteiger partial charge is 0.312 e. The fourth-order valence-electron chi connectivity index (χ4n) is 2.05. The SMILES string of the molecule is CNC(Cc1cccc(C)c1)c1scnc1C. The van der Waals surface area contributed by atoms with E-state index in [1.54, 1.807) is 11.3 Å². The highest BCUT2D eigenvalue weighted by Crippen LogP contribution is 2.24. The highest BCUT2D eigenvalue weighted by Gasteiger charge is 2.14. The van der Waals surface area contributed by atoms with Crippen molar-refractivity contribution < 1.29 is 0 Å². The zero-order valence-corrected chi connectivity index (χ0v) is 11.3. The zero-order valence-electron chi connectivity index (χ0n) is 10.5. The summed E-state index contributed by atoms with van der Waals surface area (Å²) in [6.07, 6.45) is 1.02. The molecule has 90 valence electrons. The minimum atomic E-state index is 0.365. The van der Waals surface area contributed by atoms with Gasteiger partial charge in [-0.1, -0.05) is 29.8 Å². The quantitative estimate of drug-likeness (QED) is 0.895. The third kappa shape index (κ3) is 2.93. The van der Waals surface area contributed by atoms with Crippen molar-refractivity contribution in [3.8, 4) is 0 Å². The van der Waals surface area contributed by atoms with Crippen LogP contribution in [0.25, 0.3) is 0 Å². The standard InChI is InChI=1S/C14H18N2S/c1-10-5-4-6-12(7-10)8-13(15-3)14-11(2)16-9-17-14/h4-7,9,13,15H,8H2,1-3H3. The molecule has 0 aliphatic rings. The molecule has 0 fully saturated rings. The number of nitrogens with zero attached hydrogens (tertiary/aromatic N) is 1. The van der Waals surface area contributed by atoms with Crippen LogP contribution in [0.15, 0.2) is 29.8 Å². The summed E-state index contributed by atoms with van der Waals surface area (Å²) in [6, 6.07) is 9.06. The Labute approximate surface area is 107 Å². The fraction of sp³-hybridized carbons (Fsp3) is 0.357. The molecule has 2 nitrogen and oxygen atoms in total. The van der Waals surface area contributed by atoms with E-state index in [0.717, 1.165) is 12.1 Å². The van der Waals surface area contributed by atoms with Gasteiger partial charge in [-0.3, -0.25) is 0 Å². The molecule has 0 amide bonds. The molecular weight excluding hydrogens is 228 g/mol. The number of rotatable bonds is 4. The van der Waals surface area contributed by atoms with Gasteiger partial charge in [0.2, 0.25) is 0 Å². The summed E-state index contributed by atoms with van der Waals surface area (Å²) < 4.78 is 0. The molecule has 1 atom stereocenters. The lowest BCUT2D eigenvalue weighted by Gasteiger charge is -2.15. The molecule has 0 aliphatic carbocycles. The van der Waals surface area contributed by atoms with Crippen LogP contribution in [0.5, 0.6) is 0 Å². The van der Waals surface area contributed by atoms with Crippen LogP contribution in [0.4, 0.5) is 0 Å². The topological polar surface area (TPSA) is 24.9 Å². The molecule has 1 N–H and O–H groups in total. The van der Waals surface area contributed by atoms with Gasteiger partial charge in [-0.15, -0.1) is 11.3 Å². The first kappa shape index (κ1) is 12.3. The van der Waals surface area contributed by atoms with E-state index in [4.69, 9.17) is 0 Å². The highest BCUT2D eigenvalue weighted by atomic mass is 32.1. The first-order valence-corrected chi connectivity index (χ1v) is 6.71. The highest BCUT2D eigenvalue weighted by molar-refractivity contribution is 7.09. The fourth-order valence-corrected chi connectivity index (χ4v) is 2.96. The van der Waals surface area contributed by atoms with Gasteiger partial charge < -0.3 is 5.32 Å². The smallest absolute Gasteiger partial charge is 0.0798 e. The number of hydrogen-bond acceptors (Lipinski definition) is 3. The third-order valence-corrected chi connectivity index (χ3v) is 4.01. The maximum absolute atomic E-state index is 4.32. The van der Waals surface area contributed by atoms with Gasteiger partial charge in [0.1, 0.15) is 0 Å². The van der Waals surface area contributed by atoms with E-state index in [0.29, 0.717) is 6.04 Å². The number of thiazole rings is 1. The summed E-state index contributed by atoms with van der Waals surface area (Å²) in [5.74, 6) is 0. The normalized spacial score (nSPS) is 12.6. The van der Waals surface area contributed by atoms with Gasteiger partial charge in [0.25, 0.3) is 0 Å². The van der Waals surface area contributed by atoms with Crippen molar-refractivity contribution in [3.05, 3.63) is 51.5 Å². The van der Waals surface area contributed by atoms with E-state index in [-0.39, 0.29) is 0 Å². The Morgan fingerprint density at radius 1 is 1.35 bits per heavy atom. The average molecular weight is 246 g/mol. The lowest BCUT2D eigenvalue weighted by Crippen LogP contribution is -2.18. The molecule has 0 radical (unpaired) electrons. The molecule has 1 heterocycles. The Balaban J connectivity index is 2.19. The Morgan fingerprint density at radius 2 is 2.18 bits per heavy atom. The summed E-state index contributed by atoms with van der Waals surface area (Å²) in [7, 11) is 2.01. The van der Waals surface area contributed by atoms with Crippen molar-refractivity contribution in [3.63, 3.8) is 0 Å². The van der Waals surface area contributed by atoms with Gasteiger partial charge in [-0.2, -0.15) is 0 Å². The van der Waals surface area contributed by atoms with Gasteiger partial charge in [0.05, 0.1) is 11.2 Å². The van der Waals surface area contributed by atoms with Crippen LogP contribution in [0.2, 0.25) is 0 Å². The summed E-state index contributed by atoms with van der Waals surface area (Å²) in [5.41, 5.74) is 5.75. The monoisotopic (exact) mass is 246 g/mol. The molecule has 0 aliphatic heterocycles. The Morgan fingerprint density at radius 3 is 2.76 bits per heavy atom. The van der Waals surface area contributed by atoms with Gasteiger partial charge in [-0.25, -0.2) is 4.98 Å². The molecule has 2 aromatic rings. The van der Waals surface area contributed by atoms with E-state index < -0.39 is 0 Å². The molecule has 1 aromatic carbocycles. The van der Waals surface area contributed by atoms with E-state index >= 15 is 0 Å². The maximum Gasteiger partial charge on any atom is 0.0798 e. The first-order valence-electron chi connectivity index (χ1n) is 5.83. The predicted molar refractivity (Wildman–Crippen MR) is 73.5 cm³/mol. The number of aromatic nitrogens is 1. The van der Waals surface area contributed by atoms with Gasteiger partial charge >= 0.3 is 0 Å². The van der Waals surface area contributed by atoms with Crippen molar-refractivity contribution in [2.45, 2.75) is 26.3 Å². The number of hydrogen-bond donors (Lipinski definition) is 1. The molecule has 0 saturated heterocycles. The Kier molecular flexibility index (Phi) is 3.92. The van der Waals surface area contributed by atoms with Crippen molar-refractivity contribution in [2.24, 2.45) is 0 Å². The number of aryl methyl sites for hydroxylation is 2. The Hall–Kier alpha value is -1.19. The van der Waals surface area contributed by atoms with E-state index in [1.165, 1.54) is 16.0 Å². The average Bonchev–Trinajstić information content (AvgIpc) is 2.72. The molecule has 0 spiro atoms. The summed E-state index contributed by atoms with van der Waals surface area (Å²) in [5, 5.41) is 3.38. The summed E-state index contributed by atoms with van der Waals surface area (Å²) in [6.45, 7) is 4.21. The molecule has 1 unspecified atom stereocenters. The van der Waals surface area contributed by atoms with Crippen LogP contribution in [-0.4, -0.2) is 12.0 Å². The molecule has 3 heteroatoms. The second kappa shape index (κ2) is 5.43. The van der Waals surface area contributed by atoms with Crippen LogP contribution in [-0.2, 0) is 6.42 Å². The van der Waals surface area contributed by atoms with Crippen molar-refractivity contribution in [1.29, 1.82) is 0 Å². The van der Waals surface area contributed by atoms with Crippen LogP contribution in [0.3, 0.4) is 0 Å². The molecule has 1 aromatic heterocycles. The Bertz CT molecular complexity index is 490. The number of likely N-dealkylation sites (N-methyl/N-ethyl adjacent to an activating group) is 1. The predicted octanol–water partition coefficient (Wildman–Crippen LogP) is 3.26. The van der Waals surface area contributed by atoms with Crippen LogP contribution < -0.4 is 5.32 Å². The second-order valence-corrected chi connectivity index (χ2v) is 5.22. The zero-order chi connectivity index (χ0) is 12.3. The molecule has 2 rings (SSSR count). The minimum absolute atomic E-state index is 0.365. The van der Waals surface area contributed by atoms with Crippen LogP contribution in [0, 0.1) is 13.8 Å². The van der Waals surface area contributed by atoms with Gasteiger partial charge in [-0.05, 0) is 32.9 Å². The van der Waals surface area contributed by atoms with E-state index in [2.05, 4.69) is 48.4 Å². The maximum atomic E-state index is 4.32. The van der Waals surface area contributed by atoms with E-state index in [1.807, 2.05) is 12.6 Å². The van der Waals surface area contributed by atoms with Crippen molar-refractivity contribution in [2.75, 3.05) is 7.05 Å². The minimum Gasteiger partial charge on any atom is -0.312 e. The summed E-state index contributed by atoms with van der Waals surface area (Å²) in [4.78, 5) is 5.66. The van der Waals surface area contributed by atoms with Crippen molar-refractivity contribution in [1.82, 2.24) is 10.3 Å². The third-order valence-electron chi connectivity index (χ3n) is 2.97. The molecular formula is C14H18N2S. The second-order valence-electron chi connectivity index (χ2n) is 4.34. The molecule has 0 saturated carbocycles. The lowest BCUT2D eigenvalue weighted by atomic mass is 10.0. The number of benzene rings is 1. The van der Waals surface area contributed by atoms with Crippen LogP contribution in [0.1, 0.15) is 27.7 Å².